The van der Waals surface area contributed by atoms with E-state index in [1.165, 1.54) is 36.9 Å². The lowest BCUT2D eigenvalue weighted by Crippen LogP contribution is -2.44. The number of hydrogen-bond acceptors (Lipinski definition) is 3. The van der Waals surface area contributed by atoms with Gasteiger partial charge in [-0.25, -0.2) is 4.98 Å². The van der Waals surface area contributed by atoms with E-state index in [9.17, 15) is 0 Å². The van der Waals surface area contributed by atoms with Crippen LogP contribution in [0.5, 0.6) is 0 Å². The molecular formula is C23H33N3OSi. The Morgan fingerprint density at radius 1 is 1.14 bits per heavy atom. The van der Waals surface area contributed by atoms with Gasteiger partial charge < -0.3 is 8.99 Å². The molecule has 3 heterocycles. The molecule has 28 heavy (non-hydrogen) atoms. The predicted molar refractivity (Wildman–Crippen MR) is 117 cm³/mol. The molecule has 2 aliphatic rings. The first-order valence-electron chi connectivity index (χ1n) is 10.6. The largest absolute Gasteiger partial charge is 0.414 e. The molecule has 1 saturated carbocycles. The molecule has 0 aromatic carbocycles. The number of hydrogen-bond donors (Lipinski definition) is 0. The molecule has 1 aliphatic heterocycles. The second kappa shape index (κ2) is 7.27. The van der Waals surface area contributed by atoms with E-state index < -0.39 is 8.32 Å². The summed E-state index contributed by atoms with van der Waals surface area (Å²) in [4.78, 5) is 8.99. The number of imidazole rings is 1. The van der Waals surface area contributed by atoms with Gasteiger partial charge in [0.15, 0.2) is 8.32 Å². The molecule has 2 aromatic heterocycles. The highest BCUT2D eigenvalue weighted by atomic mass is 28.4. The standard InChI is InChI=1S/C23H33N3OSi/c1-23(2,3)28(4,5)27-18-11-8-17(9-12-18)10-13-20-22-19(7-6-14-25-22)21-15-24-16-26(20)21/h6-7,10,13-18,20H,8-9,11-12H2,1-5H3/b13-10+. The van der Waals surface area contributed by atoms with Crippen molar-refractivity contribution in [3.8, 4) is 11.3 Å². The summed E-state index contributed by atoms with van der Waals surface area (Å²) in [6, 6.07) is 4.33. The van der Waals surface area contributed by atoms with E-state index in [2.05, 4.69) is 66.6 Å². The molecule has 1 fully saturated rings. The number of fused-ring (bicyclic) bond motifs is 3. The lowest BCUT2D eigenvalue weighted by Gasteiger charge is -2.41. The van der Waals surface area contributed by atoms with Crippen molar-refractivity contribution in [2.75, 3.05) is 0 Å². The van der Waals surface area contributed by atoms with Crippen LogP contribution in [0.25, 0.3) is 11.3 Å². The molecule has 5 heteroatoms. The molecule has 0 amide bonds. The summed E-state index contributed by atoms with van der Waals surface area (Å²) in [5.41, 5.74) is 3.52. The van der Waals surface area contributed by atoms with Gasteiger partial charge in [-0.2, -0.15) is 0 Å². The topological polar surface area (TPSA) is 39.9 Å². The molecule has 150 valence electrons. The Morgan fingerprint density at radius 2 is 1.89 bits per heavy atom. The van der Waals surface area contributed by atoms with E-state index in [0.29, 0.717) is 12.0 Å². The molecule has 1 atom stereocenters. The highest BCUT2D eigenvalue weighted by Crippen LogP contribution is 2.41. The summed E-state index contributed by atoms with van der Waals surface area (Å²) in [6.45, 7) is 11.7. The Balaban J connectivity index is 1.39. The van der Waals surface area contributed by atoms with Gasteiger partial charge in [0.1, 0.15) is 0 Å². The monoisotopic (exact) mass is 395 g/mol. The maximum atomic E-state index is 6.64. The van der Waals surface area contributed by atoms with Gasteiger partial charge in [0.2, 0.25) is 0 Å². The Labute approximate surface area is 170 Å². The van der Waals surface area contributed by atoms with Gasteiger partial charge in [-0.15, -0.1) is 0 Å². The van der Waals surface area contributed by atoms with E-state index in [1.807, 2.05) is 24.8 Å². The van der Waals surface area contributed by atoms with Crippen LogP contribution in [0.1, 0.15) is 58.2 Å². The third-order valence-electron chi connectivity index (χ3n) is 6.91. The minimum Gasteiger partial charge on any atom is -0.414 e. The number of allylic oxidation sites excluding steroid dienone is 2. The van der Waals surface area contributed by atoms with Gasteiger partial charge in [0.25, 0.3) is 0 Å². The van der Waals surface area contributed by atoms with E-state index >= 15 is 0 Å². The summed E-state index contributed by atoms with van der Waals surface area (Å²) in [7, 11) is -1.66. The SMILES string of the molecule is CC(C)(C)[Si](C)(C)OC1CCC(/C=C/C2c3ncccc3-c3cncn32)CC1. The van der Waals surface area contributed by atoms with Gasteiger partial charge in [0, 0.05) is 17.9 Å². The Morgan fingerprint density at radius 3 is 2.61 bits per heavy atom. The van der Waals surface area contributed by atoms with Crippen LogP contribution >= 0.6 is 0 Å². The van der Waals surface area contributed by atoms with Crippen molar-refractivity contribution in [1.82, 2.24) is 14.5 Å². The zero-order valence-corrected chi connectivity index (χ0v) is 18.9. The Kier molecular flexibility index (Phi) is 5.08. The average Bonchev–Trinajstić information content (AvgIpc) is 3.21. The molecule has 4 nitrogen and oxygen atoms in total. The summed E-state index contributed by atoms with van der Waals surface area (Å²) in [5, 5.41) is 0.287. The van der Waals surface area contributed by atoms with Crippen molar-refractivity contribution in [2.45, 2.75) is 76.7 Å². The van der Waals surface area contributed by atoms with Crippen LogP contribution in [0.4, 0.5) is 0 Å². The number of aromatic nitrogens is 3. The second-order valence-electron chi connectivity index (χ2n) is 9.87. The van der Waals surface area contributed by atoms with Crippen LogP contribution < -0.4 is 0 Å². The summed E-state index contributed by atoms with van der Waals surface area (Å²) in [6.07, 6.45) is 15.7. The maximum Gasteiger partial charge on any atom is 0.192 e. The van der Waals surface area contributed by atoms with Crippen LogP contribution in [0.2, 0.25) is 18.1 Å². The van der Waals surface area contributed by atoms with Crippen molar-refractivity contribution in [1.29, 1.82) is 0 Å². The first-order chi connectivity index (χ1) is 13.3. The van der Waals surface area contributed by atoms with Crippen LogP contribution in [0, 0.1) is 5.92 Å². The van der Waals surface area contributed by atoms with Gasteiger partial charge in [-0.1, -0.05) is 32.9 Å². The fourth-order valence-corrected chi connectivity index (χ4v) is 5.60. The first-order valence-corrected chi connectivity index (χ1v) is 13.5. The quantitative estimate of drug-likeness (QED) is 0.472. The lowest BCUT2D eigenvalue weighted by atomic mass is 9.87. The van der Waals surface area contributed by atoms with Gasteiger partial charge >= 0.3 is 0 Å². The van der Waals surface area contributed by atoms with Gasteiger partial charge in [-0.3, -0.25) is 4.98 Å². The molecule has 0 spiro atoms. The number of pyridine rings is 1. The molecule has 0 radical (unpaired) electrons. The lowest BCUT2D eigenvalue weighted by molar-refractivity contribution is 0.125. The van der Waals surface area contributed by atoms with E-state index in [0.717, 1.165) is 5.69 Å². The highest BCUT2D eigenvalue weighted by Gasteiger charge is 2.39. The fraction of sp³-hybridized carbons (Fsp3) is 0.565. The van der Waals surface area contributed by atoms with Gasteiger partial charge in [0.05, 0.1) is 30.0 Å². The fourth-order valence-electron chi connectivity index (χ4n) is 4.18. The molecule has 0 N–H and O–H groups in total. The van der Waals surface area contributed by atoms with Crippen molar-refractivity contribution in [3.05, 3.63) is 48.7 Å². The van der Waals surface area contributed by atoms with E-state index in [-0.39, 0.29) is 11.1 Å². The van der Waals surface area contributed by atoms with E-state index in [4.69, 9.17) is 4.43 Å². The van der Waals surface area contributed by atoms with Crippen molar-refractivity contribution in [3.63, 3.8) is 0 Å². The normalized spacial score (nSPS) is 25.1. The third-order valence-corrected chi connectivity index (χ3v) is 11.4. The van der Waals surface area contributed by atoms with Crippen LogP contribution in [-0.4, -0.2) is 29.0 Å². The predicted octanol–water partition coefficient (Wildman–Crippen LogP) is 5.98. The Hall–Kier alpha value is -1.72. The average molecular weight is 396 g/mol. The van der Waals surface area contributed by atoms with Crippen molar-refractivity contribution < 1.29 is 4.43 Å². The molecule has 1 unspecified atom stereocenters. The first kappa shape index (κ1) is 19.6. The maximum absolute atomic E-state index is 6.64. The highest BCUT2D eigenvalue weighted by molar-refractivity contribution is 6.74. The summed E-state index contributed by atoms with van der Waals surface area (Å²) in [5.74, 6) is 0.638. The van der Waals surface area contributed by atoms with Crippen molar-refractivity contribution in [2.24, 2.45) is 5.92 Å². The minimum atomic E-state index is -1.66. The molecule has 2 aromatic rings. The smallest absolute Gasteiger partial charge is 0.192 e. The molecule has 1 aliphatic carbocycles. The van der Waals surface area contributed by atoms with Gasteiger partial charge in [-0.05, 0) is 61.9 Å². The molecule has 0 saturated heterocycles. The zero-order chi connectivity index (χ0) is 19.9. The summed E-state index contributed by atoms with van der Waals surface area (Å²) >= 11 is 0. The van der Waals surface area contributed by atoms with Crippen LogP contribution in [0.3, 0.4) is 0 Å². The minimum absolute atomic E-state index is 0.176. The third kappa shape index (κ3) is 3.62. The summed E-state index contributed by atoms with van der Waals surface area (Å²) < 4.78 is 8.88. The van der Waals surface area contributed by atoms with E-state index in [1.54, 1.807) is 0 Å². The molecular weight excluding hydrogens is 362 g/mol. The molecule has 0 bridgehead atoms. The number of nitrogens with zero attached hydrogens (tertiary/aromatic N) is 3. The van der Waals surface area contributed by atoms with Crippen LogP contribution in [0.15, 0.2) is 43.0 Å². The van der Waals surface area contributed by atoms with Crippen LogP contribution in [-0.2, 0) is 4.43 Å². The zero-order valence-electron chi connectivity index (χ0n) is 17.9. The number of rotatable bonds is 4. The van der Waals surface area contributed by atoms with Crippen molar-refractivity contribution >= 4 is 8.32 Å². The molecule has 4 rings (SSSR count). The Bertz CT molecular complexity index is 857. The second-order valence-corrected chi connectivity index (χ2v) is 14.6.